The third kappa shape index (κ3) is 5.83. The smallest absolute Gasteiger partial charge is 0.493 e. The zero-order valence-corrected chi connectivity index (χ0v) is 19.9. The van der Waals surface area contributed by atoms with E-state index in [1.807, 2.05) is 0 Å². The fraction of sp³-hybridized carbons (Fsp3) is 0.250. The highest BCUT2D eigenvalue weighted by Gasteiger charge is 2.31. The Morgan fingerprint density at radius 1 is 0.382 bits per heavy atom. The average Bonchev–Trinajstić information content (AvgIpc) is 2.88. The lowest BCUT2D eigenvalue weighted by Crippen LogP contribution is -2.37. The number of hydrogen-bond donors (Lipinski definition) is 0. The number of hydrogen-bond acceptors (Lipinski definition) is 9. The first kappa shape index (κ1) is 24.6. The molecule has 0 atom stereocenters. The molecule has 0 saturated carbocycles. The molecule has 0 bridgehead atoms. The molecule has 9 nitrogen and oxygen atoms in total. The SMILES string of the molecule is COc1ccc(OB(Oc2ccc(OC)c(OC)c2)Oc2ccc(OC)c(OC)c2)cc1OC. The van der Waals surface area contributed by atoms with Crippen LogP contribution in [0.2, 0.25) is 0 Å². The first-order chi connectivity index (χ1) is 16.5. The van der Waals surface area contributed by atoms with Gasteiger partial charge in [0.25, 0.3) is 0 Å². The van der Waals surface area contributed by atoms with Crippen molar-refractivity contribution in [2.24, 2.45) is 0 Å². The summed E-state index contributed by atoms with van der Waals surface area (Å²) in [6.07, 6.45) is 0. The van der Waals surface area contributed by atoms with Crippen molar-refractivity contribution in [3.8, 4) is 51.7 Å². The fourth-order valence-corrected chi connectivity index (χ4v) is 3.08. The molecule has 0 aromatic heterocycles. The second kappa shape index (κ2) is 11.7. The molecule has 0 aliphatic rings. The molecule has 180 valence electrons. The van der Waals surface area contributed by atoms with Crippen LogP contribution in [-0.4, -0.2) is 50.0 Å². The summed E-state index contributed by atoms with van der Waals surface area (Å²) in [5.74, 6) is 4.48. The van der Waals surface area contributed by atoms with Crippen LogP contribution in [0, 0.1) is 0 Å². The second-order valence-corrected chi connectivity index (χ2v) is 6.69. The van der Waals surface area contributed by atoms with Crippen molar-refractivity contribution in [2.45, 2.75) is 0 Å². The molecule has 0 unspecified atom stereocenters. The molecule has 0 heterocycles. The predicted octanol–water partition coefficient (Wildman–Crippen LogP) is 4.26. The summed E-state index contributed by atoms with van der Waals surface area (Å²) in [6, 6.07) is 15.3. The van der Waals surface area contributed by atoms with Crippen LogP contribution in [0.1, 0.15) is 0 Å². The molecule has 0 aliphatic heterocycles. The molecule has 0 amide bonds. The molecule has 0 N–H and O–H groups in total. The van der Waals surface area contributed by atoms with E-state index in [-0.39, 0.29) is 0 Å². The standard InChI is InChI=1S/C24H27BO9/c1-26-19-10-7-16(13-22(19)29-4)32-25(33-17-8-11-20(27-2)23(14-17)30-5)34-18-9-12-21(28-3)24(15-18)31-6/h7-15H,1-6H3. The number of ether oxygens (including phenoxy) is 6. The van der Waals surface area contributed by atoms with Gasteiger partial charge in [0.15, 0.2) is 34.5 Å². The Bertz CT molecular complexity index is 953. The van der Waals surface area contributed by atoms with E-state index in [4.69, 9.17) is 42.4 Å². The minimum atomic E-state index is -1.19. The minimum absolute atomic E-state index is 0.434. The van der Waals surface area contributed by atoms with E-state index in [0.29, 0.717) is 51.7 Å². The zero-order valence-electron chi connectivity index (χ0n) is 19.9. The van der Waals surface area contributed by atoms with E-state index in [9.17, 15) is 0 Å². The zero-order chi connectivity index (χ0) is 24.5. The number of rotatable bonds is 12. The van der Waals surface area contributed by atoms with Crippen molar-refractivity contribution in [1.82, 2.24) is 0 Å². The van der Waals surface area contributed by atoms with Gasteiger partial charge in [-0.1, -0.05) is 0 Å². The Balaban J connectivity index is 1.91. The highest BCUT2D eigenvalue weighted by molar-refractivity contribution is 6.39. The van der Waals surface area contributed by atoms with Crippen LogP contribution in [0.3, 0.4) is 0 Å². The van der Waals surface area contributed by atoms with Crippen LogP contribution in [0.5, 0.6) is 51.7 Å². The Morgan fingerprint density at radius 2 is 0.647 bits per heavy atom. The molecule has 3 aromatic rings. The third-order valence-corrected chi connectivity index (χ3v) is 4.76. The Hall–Kier alpha value is -4.08. The highest BCUT2D eigenvalue weighted by atomic mass is 16.7. The van der Waals surface area contributed by atoms with Crippen LogP contribution in [0.15, 0.2) is 54.6 Å². The van der Waals surface area contributed by atoms with Crippen molar-refractivity contribution in [3.05, 3.63) is 54.6 Å². The molecule has 34 heavy (non-hydrogen) atoms. The molecule has 0 spiro atoms. The van der Waals surface area contributed by atoms with Crippen molar-refractivity contribution in [2.75, 3.05) is 42.7 Å². The number of methoxy groups -OCH3 is 6. The molecule has 3 aromatic carbocycles. The van der Waals surface area contributed by atoms with Gasteiger partial charge in [0.2, 0.25) is 0 Å². The maximum Gasteiger partial charge on any atom is 0.864 e. The monoisotopic (exact) mass is 470 g/mol. The highest BCUT2D eigenvalue weighted by Crippen LogP contribution is 2.35. The van der Waals surface area contributed by atoms with E-state index in [0.717, 1.165) is 0 Å². The summed E-state index contributed by atoms with van der Waals surface area (Å²) in [6.45, 7) is 0. The van der Waals surface area contributed by atoms with E-state index < -0.39 is 7.32 Å². The maximum absolute atomic E-state index is 6.00. The second-order valence-electron chi connectivity index (χ2n) is 6.69. The van der Waals surface area contributed by atoms with Gasteiger partial charge < -0.3 is 42.4 Å². The third-order valence-electron chi connectivity index (χ3n) is 4.76. The predicted molar refractivity (Wildman–Crippen MR) is 126 cm³/mol. The summed E-state index contributed by atoms with van der Waals surface area (Å²) in [7, 11) is 8.11. The van der Waals surface area contributed by atoms with E-state index in [1.165, 1.54) is 0 Å². The largest absolute Gasteiger partial charge is 0.864 e. The van der Waals surface area contributed by atoms with Crippen molar-refractivity contribution < 1.29 is 42.4 Å². The summed E-state index contributed by atoms with van der Waals surface area (Å²) in [4.78, 5) is 0. The lowest BCUT2D eigenvalue weighted by Gasteiger charge is -2.19. The van der Waals surface area contributed by atoms with Crippen molar-refractivity contribution in [3.63, 3.8) is 0 Å². The fourth-order valence-electron chi connectivity index (χ4n) is 3.08. The van der Waals surface area contributed by atoms with Crippen molar-refractivity contribution >= 4 is 7.32 Å². The molecular formula is C24H27BO9. The van der Waals surface area contributed by atoms with Gasteiger partial charge >= 0.3 is 7.32 Å². The molecule has 10 heteroatoms. The van der Waals surface area contributed by atoms with E-state index in [1.54, 1.807) is 97.3 Å². The Morgan fingerprint density at radius 3 is 0.882 bits per heavy atom. The maximum atomic E-state index is 6.00. The summed E-state index contributed by atoms with van der Waals surface area (Å²) in [5.41, 5.74) is 0. The lowest BCUT2D eigenvalue weighted by molar-refractivity contribution is 0.300. The van der Waals surface area contributed by atoms with Crippen LogP contribution in [0.25, 0.3) is 0 Å². The summed E-state index contributed by atoms with van der Waals surface area (Å²) < 4.78 is 49.9. The molecule has 3 rings (SSSR count). The topological polar surface area (TPSA) is 83.1 Å². The Kier molecular flexibility index (Phi) is 8.45. The van der Waals surface area contributed by atoms with E-state index in [2.05, 4.69) is 0 Å². The normalized spacial score (nSPS) is 10.1. The number of benzene rings is 3. The van der Waals surface area contributed by atoms with Gasteiger partial charge in [0, 0.05) is 18.2 Å². The lowest BCUT2D eigenvalue weighted by atomic mass is 10.1. The van der Waals surface area contributed by atoms with Crippen molar-refractivity contribution in [1.29, 1.82) is 0 Å². The van der Waals surface area contributed by atoms with Gasteiger partial charge in [0.1, 0.15) is 17.2 Å². The molecule has 0 radical (unpaired) electrons. The average molecular weight is 470 g/mol. The van der Waals surface area contributed by atoms with Gasteiger partial charge in [-0.2, -0.15) is 0 Å². The quantitative estimate of drug-likeness (QED) is 0.361. The first-order valence-electron chi connectivity index (χ1n) is 10.2. The summed E-state index contributed by atoms with van der Waals surface area (Å²) >= 11 is 0. The van der Waals surface area contributed by atoms with Crippen LogP contribution >= 0.6 is 0 Å². The summed E-state index contributed by atoms with van der Waals surface area (Å²) in [5, 5.41) is 0. The van der Waals surface area contributed by atoms with Crippen LogP contribution in [-0.2, 0) is 0 Å². The van der Waals surface area contributed by atoms with Gasteiger partial charge in [0.05, 0.1) is 42.7 Å². The van der Waals surface area contributed by atoms with Gasteiger partial charge in [-0.05, 0) is 36.4 Å². The van der Waals surface area contributed by atoms with Gasteiger partial charge in [-0.15, -0.1) is 0 Å². The van der Waals surface area contributed by atoms with Gasteiger partial charge in [-0.25, -0.2) is 0 Å². The van der Waals surface area contributed by atoms with Crippen LogP contribution < -0.4 is 42.4 Å². The van der Waals surface area contributed by atoms with E-state index >= 15 is 0 Å². The molecule has 0 fully saturated rings. The van der Waals surface area contributed by atoms with Gasteiger partial charge in [-0.3, -0.25) is 0 Å². The minimum Gasteiger partial charge on any atom is -0.493 e. The molecule has 0 saturated heterocycles. The molecule has 0 aliphatic carbocycles. The first-order valence-corrected chi connectivity index (χ1v) is 10.2. The Labute approximate surface area is 199 Å². The van der Waals surface area contributed by atoms with Crippen LogP contribution in [0.4, 0.5) is 0 Å². The molecular weight excluding hydrogens is 443 g/mol.